The fourth-order valence-corrected chi connectivity index (χ4v) is 3.07. The molecule has 2 rings (SSSR count). The molecule has 0 bridgehead atoms. The minimum absolute atomic E-state index is 0.489. The highest BCUT2D eigenvalue weighted by Gasteiger charge is 2.08. The van der Waals surface area contributed by atoms with E-state index in [0.717, 1.165) is 5.69 Å². The average Bonchev–Trinajstić information content (AvgIpc) is 2.38. The minimum atomic E-state index is 0.489. The van der Waals surface area contributed by atoms with Crippen LogP contribution in [0.15, 0.2) is 41.3 Å². The number of anilines is 1. The molecule has 0 unspecified atom stereocenters. The van der Waals surface area contributed by atoms with Crippen LogP contribution in [0.1, 0.15) is 5.56 Å². The molecule has 0 fully saturated rings. The monoisotopic (exact) mass is 328 g/mol. The van der Waals surface area contributed by atoms with E-state index in [1.165, 1.54) is 11.9 Å². The summed E-state index contributed by atoms with van der Waals surface area (Å²) in [4.78, 5) is 0.706. The zero-order chi connectivity index (χ0) is 13.8. The second-order valence-corrected chi connectivity index (χ2v) is 5.66. The van der Waals surface area contributed by atoms with E-state index in [-0.39, 0.29) is 0 Å². The lowest BCUT2D eigenvalue weighted by atomic mass is 10.2. The van der Waals surface area contributed by atoms with Crippen molar-refractivity contribution in [2.45, 2.75) is 4.90 Å². The molecule has 0 heterocycles. The number of nitriles is 1. The molecule has 19 heavy (non-hydrogen) atoms. The summed E-state index contributed by atoms with van der Waals surface area (Å²) in [7, 11) is 0. The third-order valence-electron chi connectivity index (χ3n) is 2.25. The molecule has 2 nitrogen and oxygen atoms in total. The zero-order valence-electron chi connectivity index (χ0n) is 9.45. The summed E-state index contributed by atoms with van der Waals surface area (Å²) >= 11 is 19.3. The Labute approximate surface area is 130 Å². The maximum absolute atomic E-state index is 8.71. The summed E-state index contributed by atoms with van der Waals surface area (Å²) in [6, 6.07) is 12.4. The van der Waals surface area contributed by atoms with Crippen LogP contribution in [-0.4, -0.2) is 0 Å². The highest BCUT2D eigenvalue weighted by molar-refractivity contribution is 8.00. The standard InChI is InChI=1S/C13H7Cl3N2S/c14-9-5-11(15)13(12(16)6-9)19-18-10-3-1-8(7-17)2-4-10/h1-6,18H. The zero-order valence-corrected chi connectivity index (χ0v) is 12.5. The molecule has 0 amide bonds. The van der Waals surface area contributed by atoms with Crippen LogP contribution in [0.2, 0.25) is 15.1 Å². The van der Waals surface area contributed by atoms with Crippen molar-refractivity contribution in [1.29, 1.82) is 5.26 Å². The van der Waals surface area contributed by atoms with Gasteiger partial charge in [-0.25, -0.2) is 0 Å². The van der Waals surface area contributed by atoms with Crippen LogP contribution in [0.3, 0.4) is 0 Å². The first-order valence-electron chi connectivity index (χ1n) is 5.17. The Morgan fingerprint density at radius 2 is 1.58 bits per heavy atom. The Hall–Kier alpha value is -1.05. The normalized spacial score (nSPS) is 10.0. The second-order valence-electron chi connectivity index (χ2n) is 3.59. The van der Waals surface area contributed by atoms with Gasteiger partial charge in [-0.1, -0.05) is 34.8 Å². The average molecular weight is 330 g/mol. The van der Waals surface area contributed by atoms with Crippen LogP contribution in [0, 0.1) is 11.3 Å². The van der Waals surface area contributed by atoms with Crippen molar-refractivity contribution in [3.05, 3.63) is 57.0 Å². The molecular formula is C13H7Cl3N2S. The first-order chi connectivity index (χ1) is 9.10. The molecule has 0 radical (unpaired) electrons. The predicted molar refractivity (Wildman–Crippen MR) is 82.1 cm³/mol. The van der Waals surface area contributed by atoms with Gasteiger partial charge in [-0.15, -0.1) is 0 Å². The van der Waals surface area contributed by atoms with Crippen LogP contribution in [0.4, 0.5) is 5.69 Å². The van der Waals surface area contributed by atoms with Gasteiger partial charge >= 0.3 is 0 Å². The number of hydrogen-bond donors (Lipinski definition) is 1. The third kappa shape index (κ3) is 3.71. The van der Waals surface area contributed by atoms with E-state index in [4.69, 9.17) is 40.1 Å². The SMILES string of the molecule is N#Cc1ccc(NSc2c(Cl)cc(Cl)cc2Cl)cc1. The number of nitrogens with one attached hydrogen (secondary N) is 1. The molecule has 0 aromatic heterocycles. The highest BCUT2D eigenvalue weighted by atomic mass is 35.5. The number of nitrogens with zero attached hydrogens (tertiary/aromatic N) is 1. The Bertz CT molecular complexity index is 612. The Balaban J connectivity index is 2.12. The van der Waals surface area contributed by atoms with Crippen LogP contribution >= 0.6 is 46.8 Å². The number of rotatable bonds is 3. The van der Waals surface area contributed by atoms with Gasteiger partial charge in [-0.05, 0) is 48.3 Å². The van der Waals surface area contributed by atoms with Crippen LogP contribution < -0.4 is 4.72 Å². The fraction of sp³-hybridized carbons (Fsp3) is 0. The van der Waals surface area contributed by atoms with Gasteiger partial charge in [-0.2, -0.15) is 5.26 Å². The van der Waals surface area contributed by atoms with Crippen LogP contribution in [0.25, 0.3) is 0 Å². The molecule has 0 aliphatic carbocycles. The summed E-state index contributed by atoms with van der Waals surface area (Å²) in [5, 5.41) is 10.2. The molecule has 96 valence electrons. The molecule has 2 aromatic rings. The molecule has 0 aliphatic heterocycles. The van der Waals surface area contributed by atoms with Gasteiger partial charge < -0.3 is 4.72 Å². The van der Waals surface area contributed by atoms with Crippen molar-refractivity contribution in [2.75, 3.05) is 4.72 Å². The van der Waals surface area contributed by atoms with Gasteiger partial charge in [0.15, 0.2) is 0 Å². The van der Waals surface area contributed by atoms with Crippen molar-refractivity contribution in [3.8, 4) is 6.07 Å². The van der Waals surface area contributed by atoms with E-state index in [2.05, 4.69) is 10.8 Å². The summed E-state index contributed by atoms with van der Waals surface area (Å²) in [6.07, 6.45) is 0. The van der Waals surface area contributed by atoms with E-state index in [1.54, 1.807) is 24.3 Å². The van der Waals surface area contributed by atoms with E-state index in [9.17, 15) is 0 Å². The van der Waals surface area contributed by atoms with E-state index < -0.39 is 0 Å². The van der Waals surface area contributed by atoms with Gasteiger partial charge in [0, 0.05) is 10.7 Å². The first kappa shape index (κ1) is 14.4. The lowest BCUT2D eigenvalue weighted by Crippen LogP contribution is -1.88. The van der Waals surface area contributed by atoms with Crippen molar-refractivity contribution in [2.24, 2.45) is 0 Å². The maximum atomic E-state index is 8.71. The summed E-state index contributed by atoms with van der Waals surface area (Å²) in [6.45, 7) is 0. The summed E-state index contributed by atoms with van der Waals surface area (Å²) in [5.74, 6) is 0. The summed E-state index contributed by atoms with van der Waals surface area (Å²) in [5.41, 5.74) is 1.46. The van der Waals surface area contributed by atoms with Gasteiger partial charge in [0.2, 0.25) is 0 Å². The largest absolute Gasteiger partial charge is 0.326 e. The predicted octanol–water partition coefficient (Wildman–Crippen LogP) is 5.64. The van der Waals surface area contributed by atoms with Gasteiger partial charge in [0.1, 0.15) is 0 Å². The Kier molecular flexibility index (Phi) is 4.84. The van der Waals surface area contributed by atoms with Crippen LogP contribution in [0.5, 0.6) is 0 Å². The van der Waals surface area contributed by atoms with Crippen molar-refractivity contribution in [3.63, 3.8) is 0 Å². The third-order valence-corrected chi connectivity index (χ3v) is 4.27. The van der Waals surface area contributed by atoms with E-state index >= 15 is 0 Å². The number of hydrogen-bond acceptors (Lipinski definition) is 3. The number of halogens is 3. The number of benzene rings is 2. The van der Waals surface area contributed by atoms with Gasteiger partial charge in [-0.3, -0.25) is 0 Å². The van der Waals surface area contributed by atoms with E-state index in [1.807, 2.05) is 12.1 Å². The topological polar surface area (TPSA) is 35.8 Å². The molecule has 0 aliphatic rings. The lowest BCUT2D eigenvalue weighted by Gasteiger charge is -2.09. The van der Waals surface area contributed by atoms with Crippen LogP contribution in [-0.2, 0) is 0 Å². The molecule has 0 atom stereocenters. The first-order valence-corrected chi connectivity index (χ1v) is 7.13. The highest BCUT2D eigenvalue weighted by Crippen LogP contribution is 2.36. The molecule has 1 N–H and O–H groups in total. The Morgan fingerprint density at radius 3 is 2.11 bits per heavy atom. The van der Waals surface area contributed by atoms with Gasteiger partial charge in [0.25, 0.3) is 0 Å². The van der Waals surface area contributed by atoms with Crippen molar-refractivity contribution < 1.29 is 0 Å². The van der Waals surface area contributed by atoms with E-state index in [0.29, 0.717) is 25.5 Å². The minimum Gasteiger partial charge on any atom is -0.326 e. The van der Waals surface area contributed by atoms with Crippen molar-refractivity contribution >= 4 is 52.4 Å². The smallest absolute Gasteiger partial charge is 0.0991 e. The molecule has 0 spiro atoms. The molecule has 6 heteroatoms. The lowest BCUT2D eigenvalue weighted by molar-refractivity contribution is 1.46. The second kappa shape index (κ2) is 6.40. The van der Waals surface area contributed by atoms with Gasteiger partial charge in [0.05, 0.1) is 26.6 Å². The molecule has 0 saturated heterocycles. The fourth-order valence-electron chi connectivity index (χ4n) is 1.35. The molecule has 2 aromatic carbocycles. The molecule has 0 saturated carbocycles. The summed E-state index contributed by atoms with van der Waals surface area (Å²) < 4.78 is 3.11. The Morgan fingerprint density at radius 1 is 1.00 bits per heavy atom. The molecular weight excluding hydrogens is 323 g/mol. The quantitative estimate of drug-likeness (QED) is 0.740. The van der Waals surface area contributed by atoms with Crippen molar-refractivity contribution in [1.82, 2.24) is 0 Å². The maximum Gasteiger partial charge on any atom is 0.0991 e.